The van der Waals surface area contributed by atoms with Gasteiger partial charge < -0.3 is 29.5 Å². The van der Waals surface area contributed by atoms with E-state index >= 15 is 0 Å². The molecule has 0 spiro atoms. The Morgan fingerprint density at radius 2 is 1.20 bits per heavy atom. The van der Waals surface area contributed by atoms with E-state index in [1.54, 1.807) is 0 Å². The molecule has 3 atom stereocenters. The molecule has 0 radical (unpaired) electrons. The van der Waals surface area contributed by atoms with Gasteiger partial charge in [-0.25, -0.2) is 4.57 Å². The minimum absolute atomic E-state index is 0.101. The molecule has 268 valence electrons. The Morgan fingerprint density at radius 3 is 1.83 bits per heavy atom. The van der Waals surface area contributed by atoms with E-state index < -0.39 is 44.7 Å². The number of hydrogen-bond acceptors (Lipinski definition) is 8. The molecule has 4 N–H and O–H groups in total. The van der Waals surface area contributed by atoms with Gasteiger partial charge in [-0.3, -0.25) is 14.1 Å². The van der Waals surface area contributed by atoms with Crippen LogP contribution in [-0.2, 0) is 28.2 Å². The van der Waals surface area contributed by atoms with E-state index in [9.17, 15) is 24.4 Å². The van der Waals surface area contributed by atoms with E-state index in [1.165, 1.54) is 51.4 Å². The third-order valence-electron chi connectivity index (χ3n) is 7.36. The van der Waals surface area contributed by atoms with Crippen molar-refractivity contribution in [2.75, 3.05) is 13.2 Å². The quantitative estimate of drug-likeness (QED) is 0.0247. The molecule has 0 bridgehead atoms. The molecule has 2 unspecified atom stereocenters. The number of hydrogen-bond donors (Lipinski definition) is 4. The number of aliphatic hydroxyl groups excluding tert-OH is 2. The normalized spacial score (nSPS) is 14.3. The number of carbonyl (C=O) groups is 2. The summed E-state index contributed by atoms with van der Waals surface area (Å²) in [6.45, 7) is 3.35. The summed E-state index contributed by atoms with van der Waals surface area (Å²) in [7, 11) is -4.82. The zero-order valence-electron chi connectivity index (χ0n) is 28.4. The predicted molar refractivity (Wildman–Crippen MR) is 182 cm³/mol. The van der Waals surface area contributed by atoms with Crippen LogP contribution in [0.2, 0.25) is 0 Å². The number of phosphoric acid groups is 1. The lowest BCUT2D eigenvalue weighted by atomic mass is 10.0. The van der Waals surface area contributed by atoms with E-state index in [4.69, 9.17) is 19.3 Å². The van der Waals surface area contributed by atoms with Crippen molar-refractivity contribution < 1.29 is 48.2 Å². The molecular formula is C35H63O10P. The highest BCUT2D eigenvalue weighted by atomic mass is 31.2. The van der Waals surface area contributed by atoms with Crippen molar-refractivity contribution in [2.24, 2.45) is 0 Å². The van der Waals surface area contributed by atoms with E-state index in [-0.39, 0.29) is 38.7 Å². The molecule has 0 saturated heterocycles. The maximum absolute atomic E-state index is 12.3. The van der Waals surface area contributed by atoms with Crippen LogP contribution >= 0.6 is 7.82 Å². The fourth-order valence-corrected chi connectivity index (χ4v) is 4.95. The molecule has 0 fully saturated rings. The van der Waals surface area contributed by atoms with Crippen molar-refractivity contribution >= 4 is 19.8 Å². The van der Waals surface area contributed by atoms with Crippen molar-refractivity contribution in [3.63, 3.8) is 0 Å². The van der Waals surface area contributed by atoms with Crippen LogP contribution < -0.4 is 0 Å². The Kier molecular flexibility index (Phi) is 29.3. The molecule has 0 saturated carbocycles. The van der Waals surface area contributed by atoms with Gasteiger partial charge in [-0.05, 0) is 51.4 Å². The Morgan fingerprint density at radius 1 is 0.652 bits per heavy atom. The molecule has 0 aromatic carbocycles. The molecule has 10 nitrogen and oxygen atoms in total. The Labute approximate surface area is 277 Å². The van der Waals surface area contributed by atoms with Crippen molar-refractivity contribution in [1.29, 1.82) is 0 Å². The number of carbonyl (C=O) groups excluding carboxylic acids is 2. The second kappa shape index (κ2) is 30.5. The van der Waals surface area contributed by atoms with Crippen LogP contribution in [0, 0.1) is 0 Å². The van der Waals surface area contributed by atoms with Gasteiger partial charge in [-0.2, -0.15) is 0 Å². The van der Waals surface area contributed by atoms with Crippen molar-refractivity contribution in [3.8, 4) is 0 Å². The minimum atomic E-state index is -4.82. The fraction of sp³-hybridized carbons (Fsp3) is 0.771. The Hall–Kier alpha value is -1.81. The van der Waals surface area contributed by atoms with E-state index in [0.717, 1.165) is 38.5 Å². The fourth-order valence-electron chi connectivity index (χ4n) is 4.59. The van der Waals surface area contributed by atoms with Crippen LogP contribution in [0.3, 0.4) is 0 Å². The molecule has 0 heterocycles. The predicted octanol–water partition coefficient (Wildman–Crippen LogP) is 7.78. The van der Waals surface area contributed by atoms with Crippen LogP contribution in [0.25, 0.3) is 0 Å². The molecule has 0 aromatic heterocycles. The summed E-state index contributed by atoms with van der Waals surface area (Å²) in [6.07, 6.45) is 26.3. The lowest BCUT2D eigenvalue weighted by Crippen LogP contribution is -2.30. The topological polar surface area (TPSA) is 160 Å². The largest absolute Gasteiger partial charge is 0.469 e. The van der Waals surface area contributed by atoms with Gasteiger partial charge in [0.2, 0.25) is 0 Å². The average molecular weight is 675 g/mol. The third kappa shape index (κ3) is 30.8. The molecule has 0 amide bonds. The monoisotopic (exact) mass is 674 g/mol. The summed E-state index contributed by atoms with van der Waals surface area (Å²) in [5.74, 6) is -1.17. The van der Waals surface area contributed by atoms with Gasteiger partial charge in [0.1, 0.15) is 6.61 Å². The van der Waals surface area contributed by atoms with Crippen LogP contribution in [0.15, 0.2) is 36.5 Å². The number of phosphoric ester groups is 1. The molecule has 0 aliphatic rings. The lowest BCUT2D eigenvalue weighted by molar-refractivity contribution is -0.161. The molecular weight excluding hydrogens is 611 g/mol. The summed E-state index contributed by atoms with van der Waals surface area (Å²) in [5, 5.41) is 20.5. The standard InChI is InChI=1S/C35H63O10P/c1-3-5-7-9-11-13-14-15-17-18-20-22-25-32(36)33(37)26-24-28-35(39)45-31(30-44-46(40,41)42)29-43-34(38)27-23-21-19-16-12-10-8-6-4-2/h11,13,15,17,20,22,31-33,36-37H,3-10,12,14,16,18-19,21,23-30H2,1-2H3,(H2,40,41,42)/b13-11-,17-15-,22-20-/t31-,32?,33?/m1/s1. The maximum atomic E-state index is 12.3. The number of allylic oxidation sites excluding steroid dienone is 5. The second-order valence-corrected chi connectivity index (χ2v) is 13.0. The zero-order valence-corrected chi connectivity index (χ0v) is 29.3. The summed E-state index contributed by atoms with van der Waals surface area (Å²) in [5.41, 5.74) is 0. The SMILES string of the molecule is CCCCC/C=C\C/C=C\C/C=C\CC(O)C(O)CCCC(=O)O[C@H](COC(=O)CCCCCCCCCCC)COP(=O)(O)O. The van der Waals surface area contributed by atoms with Crippen molar-refractivity contribution in [1.82, 2.24) is 0 Å². The van der Waals surface area contributed by atoms with Gasteiger partial charge in [-0.15, -0.1) is 0 Å². The van der Waals surface area contributed by atoms with Gasteiger partial charge in [0.05, 0.1) is 18.8 Å². The van der Waals surface area contributed by atoms with Gasteiger partial charge in [-0.1, -0.05) is 115 Å². The highest BCUT2D eigenvalue weighted by Crippen LogP contribution is 2.36. The third-order valence-corrected chi connectivity index (χ3v) is 7.85. The Bertz CT molecular complexity index is 883. The number of esters is 2. The lowest BCUT2D eigenvalue weighted by Gasteiger charge is -2.19. The van der Waals surface area contributed by atoms with Gasteiger partial charge >= 0.3 is 19.8 Å². The number of aliphatic hydroxyl groups is 2. The van der Waals surface area contributed by atoms with Gasteiger partial charge in [0, 0.05) is 12.8 Å². The maximum Gasteiger partial charge on any atom is 0.469 e. The summed E-state index contributed by atoms with van der Waals surface area (Å²) >= 11 is 0. The van der Waals surface area contributed by atoms with Crippen LogP contribution in [0.1, 0.15) is 142 Å². The highest BCUT2D eigenvalue weighted by molar-refractivity contribution is 7.46. The summed E-state index contributed by atoms with van der Waals surface area (Å²) in [6, 6.07) is 0. The first-order valence-electron chi connectivity index (χ1n) is 17.4. The average Bonchev–Trinajstić information content (AvgIpc) is 3.01. The molecule has 0 aliphatic heterocycles. The summed E-state index contributed by atoms with van der Waals surface area (Å²) in [4.78, 5) is 42.5. The zero-order chi connectivity index (χ0) is 34.3. The summed E-state index contributed by atoms with van der Waals surface area (Å²) < 4.78 is 26.0. The number of unbranched alkanes of at least 4 members (excludes halogenated alkanes) is 11. The minimum Gasteiger partial charge on any atom is -0.462 e. The van der Waals surface area contributed by atoms with Crippen LogP contribution in [0.5, 0.6) is 0 Å². The second-order valence-electron chi connectivity index (χ2n) is 11.8. The first kappa shape index (κ1) is 44.2. The van der Waals surface area contributed by atoms with Crippen LogP contribution in [0.4, 0.5) is 0 Å². The van der Waals surface area contributed by atoms with E-state index in [0.29, 0.717) is 6.42 Å². The molecule has 46 heavy (non-hydrogen) atoms. The first-order chi connectivity index (χ1) is 22.1. The van der Waals surface area contributed by atoms with Crippen molar-refractivity contribution in [2.45, 2.75) is 161 Å². The van der Waals surface area contributed by atoms with Crippen molar-refractivity contribution in [3.05, 3.63) is 36.5 Å². The molecule has 11 heteroatoms. The highest BCUT2D eigenvalue weighted by Gasteiger charge is 2.23. The first-order valence-corrected chi connectivity index (χ1v) is 19.0. The molecule has 0 rings (SSSR count). The number of ether oxygens (including phenoxy) is 2. The molecule has 0 aromatic rings. The number of rotatable bonds is 31. The Balaban J connectivity index is 4.30. The van der Waals surface area contributed by atoms with Crippen LogP contribution in [-0.4, -0.2) is 63.5 Å². The van der Waals surface area contributed by atoms with E-state index in [1.807, 2.05) is 12.2 Å². The van der Waals surface area contributed by atoms with Gasteiger partial charge in [0.25, 0.3) is 0 Å². The van der Waals surface area contributed by atoms with E-state index in [2.05, 4.69) is 42.7 Å². The smallest absolute Gasteiger partial charge is 0.462 e. The molecule has 0 aliphatic carbocycles. The van der Waals surface area contributed by atoms with Gasteiger partial charge in [0.15, 0.2) is 6.10 Å².